The van der Waals surface area contributed by atoms with Crippen molar-refractivity contribution in [3.63, 3.8) is 0 Å². The molecule has 3 fully saturated rings. The summed E-state index contributed by atoms with van der Waals surface area (Å²) in [7, 11) is 3.70. The average Bonchev–Trinajstić information content (AvgIpc) is 3.37. The van der Waals surface area contributed by atoms with E-state index in [1.54, 1.807) is 7.11 Å². The maximum Gasteiger partial charge on any atom is 0.311 e. The van der Waals surface area contributed by atoms with Crippen molar-refractivity contribution in [1.82, 2.24) is 4.90 Å². The van der Waals surface area contributed by atoms with Gasteiger partial charge in [-0.2, -0.15) is 0 Å². The summed E-state index contributed by atoms with van der Waals surface area (Å²) in [5.41, 5.74) is -0.370. The second-order valence-corrected chi connectivity index (χ2v) is 16.2. The number of nitrogens with zero attached hydrogens (tertiary/aromatic N) is 1. The fourth-order valence-corrected chi connectivity index (χ4v) is 8.88. The molecule has 4 aliphatic heterocycles. The Morgan fingerprint density at radius 1 is 0.918 bits per heavy atom. The summed E-state index contributed by atoms with van der Waals surface area (Å²) >= 11 is 0. The van der Waals surface area contributed by atoms with Gasteiger partial charge in [-0.05, 0) is 73.5 Å². The van der Waals surface area contributed by atoms with Crippen LogP contribution in [0.5, 0.6) is 0 Å². The Hall–Kier alpha value is -1.31. The molecule has 284 valence electrons. The van der Waals surface area contributed by atoms with Crippen LogP contribution in [0, 0.1) is 23.7 Å². The molecule has 0 radical (unpaired) electrons. The smallest absolute Gasteiger partial charge is 0.311 e. The molecular formula is C38H67NO10. The topological polar surface area (TPSA) is 125 Å². The van der Waals surface area contributed by atoms with Crippen molar-refractivity contribution in [1.29, 1.82) is 0 Å². The molecule has 0 saturated carbocycles. The number of methoxy groups -OCH3 is 1. The van der Waals surface area contributed by atoms with Gasteiger partial charge in [0.1, 0.15) is 29.7 Å². The van der Waals surface area contributed by atoms with E-state index in [-0.39, 0.29) is 30.1 Å². The monoisotopic (exact) mass is 697 g/mol. The average molecular weight is 698 g/mol. The third-order valence-electron chi connectivity index (χ3n) is 12.0. The Balaban J connectivity index is 1.81. The summed E-state index contributed by atoms with van der Waals surface area (Å²) in [6.07, 6.45) is -2.63. The Kier molecular flexibility index (Phi) is 13.3. The van der Waals surface area contributed by atoms with Crippen LogP contribution < -0.4 is 0 Å². The molecule has 4 heterocycles. The van der Waals surface area contributed by atoms with E-state index < -0.39 is 72.1 Å². The van der Waals surface area contributed by atoms with Crippen molar-refractivity contribution >= 4 is 5.97 Å². The van der Waals surface area contributed by atoms with Gasteiger partial charge in [-0.15, -0.1) is 0 Å². The summed E-state index contributed by atoms with van der Waals surface area (Å²) in [4.78, 5) is 16.2. The van der Waals surface area contributed by atoms with Crippen LogP contribution in [0.4, 0.5) is 0 Å². The number of cyclic esters (lactones) is 1. The first kappa shape index (κ1) is 40.5. The van der Waals surface area contributed by atoms with Crippen molar-refractivity contribution in [3.8, 4) is 0 Å². The van der Waals surface area contributed by atoms with Crippen molar-refractivity contribution in [2.75, 3.05) is 20.7 Å². The van der Waals surface area contributed by atoms with Gasteiger partial charge in [-0.1, -0.05) is 34.6 Å². The number of aliphatic hydroxyl groups is 2. The van der Waals surface area contributed by atoms with E-state index >= 15 is 0 Å². The molecule has 4 rings (SSSR count). The minimum absolute atomic E-state index is 0.124. The van der Waals surface area contributed by atoms with Gasteiger partial charge < -0.3 is 48.3 Å². The lowest BCUT2D eigenvalue weighted by atomic mass is 9.79. The Morgan fingerprint density at radius 3 is 2.20 bits per heavy atom. The van der Waals surface area contributed by atoms with Gasteiger partial charge in [-0.25, -0.2) is 0 Å². The van der Waals surface area contributed by atoms with Gasteiger partial charge in [0.05, 0.1) is 35.9 Å². The van der Waals surface area contributed by atoms with E-state index in [0.29, 0.717) is 32.1 Å². The Morgan fingerprint density at radius 2 is 1.59 bits per heavy atom. The number of fused-ring (bicyclic) bond motifs is 2. The number of esters is 1. The van der Waals surface area contributed by atoms with E-state index in [4.69, 9.17) is 33.2 Å². The molecule has 4 aliphatic rings. The second kappa shape index (κ2) is 16.1. The number of hydrogen-bond donors (Lipinski definition) is 2. The predicted octanol–water partition coefficient (Wildman–Crippen LogP) is 5.20. The number of likely N-dealkylation sites (N-methyl/N-ethyl adjacent to an activating group) is 1. The number of carbonyl (C=O) groups is 1. The van der Waals surface area contributed by atoms with Gasteiger partial charge >= 0.3 is 5.97 Å². The van der Waals surface area contributed by atoms with Crippen molar-refractivity contribution in [2.24, 2.45) is 23.7 Å². The highest BCUT2D eigenvalue weighted by Gasteiger charge is 2.54. The minimum atomic E-state index is -0.950. The van der Waals surface area contributed by atoms with Crippen LogP contribution in [0.2, 0.25) is 0 Å². The zero-order chi connectivity index (χ0) is 36.6. The highest BCUT2D eigenvalue weighted by molar-refractivity contribution is 5.73. The molecule has 0 aliphatic carbocycles. The molecule has 0 aromatic carbocycles. The van der Waals surface area contributed by atoms with Crippen LogP contribution in [0.3, 0.4) is 0 Å². The van der Waals surface area contributed by atoms with Crippen LogP contribution in [0.1, 0.15) is 108 Å². The third-order valence-corrected chi connectivity index (χ3v) is 12.0. The number of rotatable bonds is 8. The summed E-state index contributed by atoms with van der Waals surface area (Å²) in [5, 5.41) is 23.3. The fourth-order valence-electron chi connectivity index (χ4n) is 8.88. The summed E-state index contributed by atoms with van der Waals surface area (Å²) in [5.74, 6) is -1.60. The molecule has 0 spiro atoms. The third kappa shape index (κ3) is 8.67. The molecule has 0 aromatic heterocycles. The first-order chi connectivity index (χ1) is 22.9. The lowest BCUT2D eigenvalue weighted by molar-refractivity contribution is -0.309. The van der Waals surface area contributed by atoms with Crippen LogP contribution in [-0.4, -0.2) is 114 Å². The van der Waals surface area contributed by atoms with Gasteiger partial charge in [0.25, 0.3) is 0 Å². The zero-order valence-electron chi connectivity index (χ0n) is 32.4. The number of carbonyl (C=O) groups excluding carboxylic acids is 1. The molecule has 0 amide bonds. The Bertz CT molecular complexity index is 1150. The van der Waals surface area contributed by atoms with Crippen molar-refractivity contribution < 1.29 is 48.2 Å². The lowest BCUT2D eigenvalue weighted by Gasteiger charge is -2.48. The van der Waals surface area contributed by atoms with Crippen LogP contribution in [-0.2, 0) is 38.0 Å². The number of ether oxygens (including phenoxy) is 7. The van der Waals surface area contributed by atoms with Crippen molar-refractivity contribution in [3.05, 3.63) is 11.3 Å². The van der Waals surface area contributed by atoms with Gasteiger partial charge in [0.15, 0.2) is 12.6 Å². The highest BCUT2D eigenvalue weighted by Crippen LogP contribution is 2.47. The van der Waals surface area contributed by atoms with E-state index in [1.165, 1.54) is 0 Å². The van der Waals surface area contributed by atoms with Crippen LogP contribution >= 0.6 is 0 Å². The lowest BCUT2D eigenvalue weighted by Crippen LogP contribution is -2.59. The number of hydrogen-bond acceptors (Lipinski definition) is 11. The second-order valence-electron chi connectivity index (χ2n) is 16.2. The zero-order valence-corrected chi connectivity index (χ0v) is 32.4. The first-order valence-corrected chi connectivity index (χ1v) is 18.7. The van der Waals surface area contributed by atoms with E-state index in [9.17, 15) is 15.0 Å². The quantitative estimate of drug-likeness (QED) is 0.326. The maximum absolute atomic E-state index is 14.1. The van der Waals surface area contributed by atoms with Crippen molar-refractivity contribution in [2.45, 2.75) is 181 Å². The Labute approximate surface area is 295 Å². The minimum Gasteiger partial charge on any atom is -0.489 e. The molecule has 0 unspecified atom stereocenters. The first-order valence-electron chi connectivity index (χ1n) is 18.7. The standard InChI is InChI=1S/C38H67NO10/c1-14-28-23(6)30(40)24(7)32-20(3)17-38(11,49-32)34(48-36-31(41)27(39(12)15-2)16-21(4)45-36)25(8)33(26(9)35(42)46-28)47-29-19-37(10,43-13)18-22(5)44-29/h21-31,33-34,36,40-41H,14-19H2,1-13H3/t21-,22-,23+,24-,25+,26-,27+,28-,29+,30+,31-,33+,34-,36+,37+,38-/m1/s1. The van der Waals surface area contributed by atoms with Gasteiger partial charge in [0, 0.05) is 50.2 Å². The maximum atomic E-state index is 14.1. The van der Waals surface area contributed by atoms with Gasteiger partial charge in [-0.3, -0.25) is 4.79 Å². The van der Waals surface area contributed by atoms with Crippen LogP contribution in [0.25, 0.3) is 0 Å². The highest BCUT2D eigenvalue weighted by atomic mass is 16.7. The summed E-state index contributed by atoms with van der Waals surface area (Å²) < 4.78 is 45.6. The van der Waals surface area contributed by atoms with E-state index in [0.717, 1.165) is 17.9 Å². The normalized spacial score (nSPS) is 47.2. The molecule has 0 aromatic rings. The fraction of sp³-hybridized carbons (Fsp3) is 0.921. The molecule has 11 heteroatoms. The molecule has 2 bridgehead atoms. The molecule has 3 saturated heterocycles. The molecule has 16 atom stereocenters. The van der Waals surface area contributed by atoms with E-state index in [1.807, 2.05) is 69.4 Å². The SMILES string of the molecule is CC[C@H]1OC(=O)[C@H](C)[C@@H](O[C@H]2C[C@@](C)(OC)C[C@@H](C)O2)[C@H](C)[C@@H](O[C@@H]2O[C@H](C)C[C@H](N(C)CC)[C@H]2O)[C@@]2(C)CC(C)=C(O2)[C@H](C)[C@@H](O)[C@H]1C. The summed E-state index contributed by atoms with van der Waals surface area (Å²) in [6, 6.07) is -0.163. The number of aliphatic hydroxyl groups excluding tert-OH is 2. The molecule has 49 heavy (non-hydrogen) atoms. The molecule has 11 nitrogen and oxygen atoms in total. The molecular weight excluding hydrogens is 630 g/mol. The predicted molar refractivity (Wildman–Crippen MR) is 185 cm³/mol. The van der Waals surface area contributed by atoms with E-state index in [2.05, 4.69) is 18.7 Å². The largest absolute Gasteiger partial charge is 0.489 e. The molecule has 2 N–H and O–H groups in total. The van der Waals surface area contributed by atoms with Crippen LogP contribution in [0.15, 0.2) is 11.3 Å². The summed E-state index contributed by atoms with van der Waals surface area (Å²) in [6.45, 7) is 22.6. The van der Waals surface area contributed by atoms with Gasteiger partial charge in [0.2, 0.25) is 0 Å².